The topological polar surface area (TPSA) is 72.9 Å². The third-order valence-electron chi connectivity index (χ3n) is 5.26. The van der Waals surface area contributed by atoms with Gasteiger partial charge in [0.05, 0.1) is 6.04 Å². The van der Waals surface area contributed by atoms with Crippen molar-refractivity contribution in [3.63, 3.8) is 0 Å². The fourth-order valence-electron chi connectivity index (χ4n) is 3.12. The van der Waals surface area contributed by atoms with E-state index in [1.54, 1.807) is 0 Å². The molecule has 1 aromatic carbocycles. The van der Waals surface area contributed by atoms with Crippen molar-refractivity contribution in [3.8, 4) is 11.5 Å². The van der Waals surface area contributed by atoms with Gasteiger partial charge in [0.15, 0.2) is 11.5 Å². The summed E-state index contributed by atoms with van der Waals surface area (Å²) >= 11 is 0. The molecule has 0 fully saturated rings. The number of carbonyl (C=O) groups excluding carboxylic acids is 3. The van der Waals surface area contributed by atoms with Crippen molar-refractivity contribution < 1.29 is 89.7 Å². The number of carbonyl (C=O) groups is 3. The summed E-state index contributed by atoms with van der Waals surface area (Å²) < 4.78 is 201. The standard InChI is InChI=1S/C19H10F15NO5/c1-6-8-5-10(40-13(38)16(24,25)19(32,33)34)9(39-12(37)15(22,23)18(29,30)31)4-7(8)2-3-35(6)11(36)14(20,21)17(26,27)28/h4-6H,2-3H2,1H3. The lowest BCUT2D eigenvalue weighted by Crippen LogP contribution is -2.54. The lowest BCUT2D eigenvalue weighted by molar-refractivity contribution is -0.277. The van der Waals surface area contributed by atoms with Gasteiger partial charge in [0, 0.05) is 6.54 Å². The van der Waals surface area contributed by atoms with Gasteiger partial charge in [-0.25, -0.2) is 9.59 Å². The maximum Gasteiger partial charge on any atom is 0.465 e. The largest absolute Gasteiger partial charge is 0.465 e. The molecule has 0 spiro atoms. The van der Waals surface area contributed by atoms with Gasteiger partial charge in [-0.2, -0.15) is 65.9 Å². The van der Waals surface area contributed by atoms with Crippen LogP contribution in [-0.2, 0) is 20.8 Å². The molecule has 0 N–H and O–H groups in total. The molecule has 1 aromatic rings. The minimum Gasteiger partial charge on any atom is -0.418 e. The summed E-state index contributed by atoms with van der Waals surface area (Å²) in [7, 11) is 0. The first-order valence-electron chi connectivity index (χ1n) is 9.94. The molecule has 1 heterocycles. The second-order valence-electron chi connectivity index (χ2n) is 7.92. The Morgan fingerprint density at radius 1 is 0.675 bits per heavy atom. The number of ether oxygens (including phenoxy) is 2. The van der Waals surface area contributed by atoms with E-state index in [0.717, 1.165) is 0 Å². The molecule has 1 aliphatic rings. The highest BCUT2D eigenvalue weighted by atomic mass is 19.4. The lowest BCUT2D eigenvalue weighted by atomic mass is 9.92. The number of benzene rings is 1. The molecule has 0 aromatic heterocycles. The van der Waals surface area contributed by atoms with Gasteiger partial charge in [-0.05, 0) is 36.6 Å². The monoisotopic (exact) mass is 617 g/mol. The van der Waals surface area contributed by atoms with Crippen LogP contribution in [0.4, 0.5) is 65.9 Å². The Bertz CT molecular complexity index is 1190. The maximum atomic E-state index is 13.6. The molecule has 0 saturated heterocycles. The first-order chi connectivity index (χ1) is 17.7. The van der Waals surface area contributed by atoms with Crippen molar-refractivity contribution in [3.05, 3.63) is 23.3 Å². The van der Waals surface area contributed by atoms with Gasteiger partial charge < -0.3 is 14.4 Å². The highest BCUT2D eigenvalue weighted by Gasteiger charge is 2.67. The zero-order valence-electron chi connectivity index (χ0n) is 18.8. The third-order valence-corrected chi connectivity index (χ3v) is 5.26. The Morgan fingerprint density at radius 2 is 1.05 bits per heavy atom. The fraction of sp³-hybridized carbons (Fsp3) is 0.526. The number of esters is 2. The second kappa shape index (κ2) is 9.89. The molecule has 0 bridgehead atoms. The molecule has 0 radical (unpaired) electrons. The molecule has 6 nitrogen and oxygen atoms in total. The molecule has 40 heavy (non-hydrogen) atoms. The first kappa shape index (κ1) is 32.8. The first-order valence-corrected chi connectivity index (χ1v) is 9.94. The Kier molecular flexibility index (Phi) is 8.11. The van der Waals surface area contributed by atoms with E-state index in [4.69, 9.17) is 0 Å². The molecule has 2 rings (SSSR count). The smallest absolute Gasteiger partial charge is 0.418 e. The maximum absolute atomic E-state index is 13.6. The zero-order valence-corrected chi connectivity index (χ0v) is 18.8. The van der Waals surface area contributed by atoms with Gasteiger partial charge in [-0.1, -0.05) is 0 Å². The van der Waals surface area contributed by atoms with Crippen molar-refractivity contribution in [1.29, 1.82) is 0 Å². The average molecular weight is 617 g/mol. The number of hydrogen-bond donors (Lipinski definition) is 0. The Morgan fingerprint density at radius 3 is 1.43 bits per heavy atom. The summed E-state index contributed by atoms with van der Waals surface area (Å²) in [6.45, 7) is -0.308. The SMILES string of the molecule is CC1c2cc(OC(=O)C(F)(F)C(F)(F)F)c(OC(=O)C(F)(F)C(F)(F)F)cc2CCN1C(=O)C(F)(F)C(F)(F)F. The van der Waals surface area contributed by atoms with Crippen molar-refractivity contribution in [1.82, 2.24) is 4.90 Å². The number of hydrogen-bond acceptors (Lipinski definition) is 5. The number of halogens is 15. The van der Waals surface area contributed by atoms with Gasteiger partial charge in [0.1, 0.15) is 0 Å². The zero-order chi connectivity index (χ0) is 31.4. The molecule has 1 unspecified atom stereocenters. The average Bonchev–Trinajstić information content (AvgIpc) is 2.77. The van der Waals surface area contributed by atoms with Crippen LogP contribution < -0.4 is 9.47 Å². The second-order valence-corrected chi connectivity index (χ2v) is 7.92. The predicted molar refractivity (Wildman–Crippen MR) is 94.6 cm³/mol. The van der Waals surface area contributed by atoms with Crippen LogP contribution in [0.5, 0.6) is 11.5 Å². The molecular weight excluding hydrogens is 607 g/mol. The van der Waals surface area contributed by atoms with Crippen molar-refractivity contribution in [2.45, 2.75) is 55.7 Å². The quantitative estimate of drug-likeness (QED) is 0.247. The minimum atomic E-state index is -6.65. The Balaban J connectivity index is 2.63. The Hall–Kier alpha value is -3.42. The lowest BCUT2D eigenvalue weighted by Gasteiger charge is -2.37. The molecule has 1 aliphatic heterocycles. The van der Waals surface area contributed by atoms with Crippen LogP contribution in [0.1, 0.15) is 24.1 Å². The van der Waals surface area contributed by atoms with E-state index >= 15 is 0 Å². The number of alkyl halides is 15. The number of nitrogens with zero attached hydrogens (tertiary/aromatic N) is 1. The van der Waals surface area contributed by atoms with E-state index in [9.17, 15) is 80.2 Å². The van der Waals surface area contributed by atoms with Gasteiger partial charge in [-0.3, -0.25) is 4.79 Å². The molecule has 1 atom stereocenters. The van der Waals surface area contributed by atoms with Crippen LogP contribution in [0.25, 0.3) is 0 Å². The molecule has 0 saturated carbocycles. The van der Waals surface area contributed by atoms with E-state index < -0.39 is 95.8 Å². The minimum absolute atomic E-state index is 0.0455. The van der Waals surface area contributed by atoms with E-state index in [-0.39, 0.29) is 17.0 Å². The van der Waals surface area contributed by atoms with Crippen LogP contribution >= 0.6 is 0 Å². The molecule has 1 amide bonds. The summed E-state index contributed by atoms with van der Waals surface area (Å²) in [6.07, 6.45) is -20.5. The highest BCUT2D eigenvalue weighted by molar-refractivity contribution is 5.86. The fourth-order valence-corrected chi connectivity index (χ4v) is 3.12. The van der Waals surface area contributed by atoms with Gasteiger partial charge >= 0.3 is 54.1 Å². The van der Waals surface area contributed by atoms with E-state index in [2.05, 4.69) is 9.47 Å². The van der Waals surface area contributed by atoms with Crippen LogP contribution in [0.3, 0.4) is 0 Å². The number of fused-ring (bicyclic) bond motifs is 1. The Labute approximate surface area is 210 Å². The summed E-state index contributed by atoms with van der Waals surface area (Å²) in [4.78, 5) is 34.7. The number of rotatable bonds is 5. The van der Waals surface area contributed by atoms with Gasteiger partial charge in [-0.15, -0.1) is 0 Å². The normalized spacial score (nSPS) is 17.3. The van der Waals surface area contributed by atoms with Gasteiger partial charge in [0.25, 0.3) is 0 Å². The highest BCUT2D eigenvalue weighted by Crippen LogP contribution is 2.45. The van der Waals surface area contributed by atoms with Crippen molar-refractivity contribution in [2.75, 3.05) is 6.54 Å². The van der Waals surface area contributed by atoms with E-state index in [0.29, 0.717) is 6.92 Å². The molecule has 0 aliphatic carbocycles. The van der Waals surface area contributed by atoms with Crippen LogP contribution in [0, 0.1) is 0 Å². The molecule has 226 valence electrons. The molecular formula is C19H10F15NO5. The van der Waals surface area contributed by atoms with Crippen LogP contribution in [0.15, 0.2) is 12.1 Å². The van der Waals surface area contributed by atoms with E-state index in [1.807, 2.05) is 0 Å². The predicted octanol–water partition coefficient (Wildman–Crippen LogP) is 5.54. The summed E-state index contributed by atoms with van der Waals surface area (Å²) in [6, 6.07) is -1.72. The van der Waals surface area contributed by atoms with Gasteiger partial charge in [0.2, 0.25) is 0 Å². The third kappa shape index (κ3) is 5.72. The van der Waals surface area contributed by atoms with Crippen molar-refractivity contribution >= 4 is 17.8 Å². The van der Waals surface area contributed by atoms with Crippen LogP contribution in [-0.4, -0.2) is 65.6 Å². The number of amides is 1. The van der Waals surface area contributed by atoms with Crippen LogP contribution in [0.2, 0.25) is 0 Å². The van der Waals surface area contributed by atoms with E-state index in [1.165, 1.54) is 0 Å². The summed E-state index contributed by atoms with van der Waals surface area (Å²) in [5, 5.41) is 0. The summed E-state index contributed by atoms with van der Waals surface area (Å²) in [5.74, 6) is -32.2. The van der Waals surface area contributed by atoms with Crippen molar-refractivity contribution in [2.24, 2.45) is 0 Å². The summed E-state index contributed by atoms with van der Waals surface area (Å²) in [5.41, 5.74) is -1.22. The molecule has 21 heteroatoms.